The second kappa shape index (κ2) is 7.80. The Labute approximate surface area is 164 Å². The lowest BCUT2D eigenvalue weighted by molar-refractivity contribution is -0.137. The molecule has 0 radical (unpaired) electrons. The van der Waals surface area contributed by atoms with Gasteiger partial charge in [0.2, 0.25) is 15.9 Å². The summed E-state index contributed by atoms with van der Waals surface area (Å²) < 4.78 is 65.5. The number of carbonyl (C=O) groups excluding carboxylic acids is 1. The molecular formula is C17H18F3N3O3S2. The number of alkyl halides is 3. The normalized spacial score (nSPS) is 18.4. The molecule has 0 saturated carbocycles. The van der Waals surface area contributed by atoms with Gasteiger partial charge in [-0.05, 0) is 38.0 Å². The van der Waals surface area contributed by atoms with Crippen LogP contribution in [-0.4, -0.2) is 36.2 Å². The molecule has 0 spiro atoms. The number of aryl methyl sites for hydroxylation is 1. The van der Waals surface area contributed by atoms with Crippen molar-refractivity contribution in [1.82, 2.24) is 14.6 Å². The molecule has 2 aromatic rings. The highest BCUT2D eigenvalue weighted by molar-refractivity contribution is 7.89. The maximum atomic E-state index is 12.9. The lowest BCUT2D eigenvalue weighted by Crippen LogP contribution is -2.45. The highest BCUT2D eigenvalue weighted by atomic mass is 32.2. The summed E-state index contributed by atoms with van der Waals surface area (Å²) in [7, 11) is -4.24. The number of nitrogens with one attached hydrogen (secondary N) is 1. The Morgan fingerprint density at radius 2 is 2.14 bits per heavy atom. The quantitative estimate of drug-likeness (QED) is 0.786. The van der Waals surface area contributed by atoms with Crippen LogP contribution in [0.3, 0.4) is 0 Å². The first-order valence-corrected chi connectivity index (χ1v) is 10.8. The minimum absolute atomic E-state index is 0.0759. The van der Waals surface area contributed by atoms with Crippen LogP contribution in [-0.2, 0) is 27.5 Å². The highest BCUT2D eigenvalue weighted by Crippen LogP contribution is 2.32. The molecule has 1 unspecified atom stereocenters. The van der Waals surface area contributed by atoms with E-state index >= 15 is 0 Å². The van der Waals surface area contributed by atoms with Crippen LogP contribution in [0.25, 0.3) is 0 Å². The van der Waals surface area contributed by atoms with Crippen LogP contribution in [0, 0.1) is 6.92 Å². The van der Waals surface area contributed by atoms with Crippen LogP contribution in [0.1, 0.15) is 29.1 Å². The second-order valence-electron chi connectivity index (χ2n) is 6.38. The fourth-order valence-electron chi connectivity index (χ4n) is 3.04. The number of carbonyl (C=O) groups is 1. The molecule has 152 valence electrons. The Bertz CT molecular complexity index is 973. The highest BCUT2D eigenvalue weighted by Gasteiger charge is 2.40. The van der Waals surface area contributed by atoms with E-state index in [-0.39, 0.29) is 13.1 Å². The van der Waals surface area contributed by atoms with Gasteiger partial charge in [0.25, 0.3) is 0 Å². The molecular weight excluding hydrogens is 415 g/mol. The summed E-state index contributed by atoms with van der Waals surface area (Å²) in [5, 5.41) is 5.30. The Kier molecular flexibility index (Phi) is 5.78. The monoisotopic (exact) mass is 433 g/mol. The van der Waals surface area contributed by atoms with Gasteiger partial charge in [-0.1, -0.05) is 6.07 Å². The van der Waals surface area contributed by atoms with E-state index < -0.39 is 38.6 Å². The lowest BCUT2D eigenvalue weighted by Gasteiger charge is -2.23. The molecule has 1 aromatic carbocycles. The Balaban J connectivity index is 1.78. The first-order valence-electron chi connectivity index (χ1n) is 8.47. The molecule has 11 heteroatoms. The Hall–Kier alpha value is -1.98. The maximum Gasteiger partial charge on any atom is 0.416 e. The van der Waals surface area contributed by atoms with Gasteiger partial charge in [-0.15, -0.1) is 11.3 Å². The van der Waals surface area contributed by atoms with Crippen molar-refractivity contribution in [2.24, 2.45) is 0 Å². The predicted molar refractivity (Wildman–Crippen MR) is 97.1 cm³/mol. The van der Waals surface area contributed by atoms with Crippen molar-refractivity contribution in [3.05, 3.63) is 45.9 Å². The van der Waals surface area contributed by atoms with Gasteiger partial charge in [0, 0.05) is 11.9 Å². The van der Waals surface area contributed by atoms with Crippen LogP contribution in [0.15, 0.2) is 34.5 Å². The number of sulfonamides is 1. The van der Waals surface area contributed by atoms with Crippen molar-refractivity contribution < 1.29 is 26.4 Å². The van der Waals surface area contributed by atoms with Crippen LogP contribution in [0.5, 0.6) is 0 Å². The van der Waals surface area contributed by atoms with Crippen LogP contribution in [0.2, 0.25) is 0 Å². The second-order valence-corrected chi connectivity index (χ2v) is 9.33. The average molecular weight is 433 g/mol. The number of nitrogens with zero attached hydrogens (tertiary/aromatic N) is 2. The summed E-state index contributed by atoms with van der Waals surface area (Å²) in [6.45, 7) is 2.07. The van der Waals surface area contributed by atoms with Crippen molar-refractivity contribution in [3.63, 3.8) is 0 Å². The number of benzene rings is 1. The fourth-order valence-corrected chi connectivity index (χ4v) is 5.36. The molecule has 2 heterocycles. The summed E-state index contributed by atoms with van der Waals surface area (Å²) in [6.07, 6.45) is -3.90. The summed E-state index contributed by atoms with van der Waals surface area (Å²) >= 11 is 1.43. The molecule has 1 amide bonds. The van der Waals surface area contributed by atoms with Gasteiger partial charge in [0.05, 0.1) is 27.7 Å². The minimum atomic E-state index is -4.65. The average Bonchev–Trinajstić information content (AvgIpc) is 3.28. The molecule has 1 fully saturated rings. The zero-order valence-corrected chi connectivity index (χ0v) is 16.5. The zero-order chi connectivity index (χ0) is 20.5. The van der Waals surface area contributed by atoms with Crippen LogP contribution < -0.4 is 5.32 Å². The van der Waals surface area contributed by atoms with Gasteiger partial charge in [0.1, 0.15) is 6.04 Å². The molecule has 0 aliphatic carbocycles. The van der Waals surface area contributed by atoms with Gasteiger partial charge in [-0.2, -0.15) is 17.5 Å². The molecule has 1 N–H and O–H groups in total. The lowest BCUT2D eigenvalue weighted by atomic mass is 10.2. The van der Waals surface area contributed by atoms with Gasteiger partial charge < -0.3 is 5.32 Å². The topological polar surface area (TPSA) is 79.4 Å². The molecule has 1 aliphatic heterocycles. The Morgan fingerprint density at radius 1 is 1.39 bits per heavy atom. The Morgan fingerprint density at radius 3 is 2.79 bits per heavy atom. The van der Waals surface area contributed by atoms with E-state index in [4.69, 9.17) is 0 Å². The number of rotatable bonds is 5. The van der Waals surface area contributed by atoms with Gasteiger partial charge in [0.15, 0.2) is 0 Å². The molecule has 0 bridgehead atoms. The van der Waals surface area contributed by atoms with Crippen molar-refractivity contribution >= 4 is 27.3 Å². The van der Waals surface area contributed by atoms with Crippen molar-refractivity contribution in [3.8, 4) is 0 Å². The van der Waals surface area contributed by atoms with Crippen LogP contribution >= 0.6 is 11.3 Å². The van der Waals surface area contributed by atoms with Crippen molar-refractivity contribution in [2.75, 3.05) is 6.54 Å². The first-order chi connectivity index (χ1) is 13.1. The molecule has 28 heavy (non-hydrogen) atoms. The maximum absolute atomic E-state index is 12.9. The number of halogens is 3. The number of thiazole rings is 1. The third-order valence-corrected chi connectivity index (χ3v) is 7.11. The SMILES string of the molecule is Cc1nc(CNC(=O)C2CCCN2S(=O)(=O)c2cccc(C(F)(F)F)c2)cs1. The first kappa shape index (κ1) is 20.7. The van der Waals surface area contributed by atoms with E-state index in [1.165, 1.54) is 11.3 Å². The largest absolute Gasteiger partial charge is 0.416 e. The number of amides is 1. The third-order valence-electron chi connectivity index (χ3n) is 4.38. The number of hydrogen-bond donors (Lipinski definition) is 1. The zero-order valence-electron chi connectivity index (χ0n) is 14.9. The van der Waals surface area contributed by atoms with Gasteiger partial charge >= 0.3 is 6.18 Å². The minimum Gasteiger partial charge on any atom is -0.349 e. The van der Waals surface area contributed by atoms with E-state index in [1.54, 1.807) is 5.38 Å². The fraction of sp³-hybridized carbons (Fsp3) is 0.412. The third kappa shape index (κ3) is 4.36. The van der Waals surface area contributed by atoms with Crippen molar-refractivity contribution in [2.45, 2.75) is 43.4 Å². The summed E-state index contributed by atoms with van der Waals surface area (Å²) in [5.74, 6) is -0.487. The summed E-state index contributed by atoms with van der Waals surface area (Å²) in [5.41, 5.74) is -0.381. The smallest absolute Gasteiger partial charge is 0.349 e. The summed E-state index contributed by atoms with van der Waals surface area (Å²) in [6, 6.07) is 2.60. The predicted octanol–water partition coefficient (Wildman–Crippen LogP) is 2.94. The van der Waals surface area contributed by atoms with E-state index in [0.717, 1.165) is 27.5 Å². The molecule has 1 saturated heterocycles. The molecule has 1 aliphatic rings. The molecule has 3 rings (SSSR count). The molecule has 1 atom stereocenters. The van der Waals surface area contributed by atoms with E-state index in [1.807, 2.05) is 6.92 Å². The van der Waals surface area contributed by atoms with Crippen molar-refractivity contribution in [1.29, 1.82) is 0 Å². The van der Waals surface area contributed by atoms with Crippen LogP contribution in [0.4, 0.5) is 13.2 Å². The van der Waals surface area contributed by atoms with Gasteiger partial charge in [-0.3, -0.25) is 4.79 Å². The standard InChI is InChI=1S/C17H18F3N3O3S2/c1-11-22-13(10-27-11)9-21-16(24)15-6-3-7-23(15)28(25,26)14-5-2-4-12(8-14)17(18,19)20/h2,4-5,8,10,15H,3,6-7,9H2,1H3,(H,21,24). The summed E-state index contributed by atoms with van der Waals surface area (Å²) in [4.78, 5) is 16.3. The van der Waals surface area contributed by atoms with E-state index in [2.05, 4.69) is 10.3 Å². The number of hydrogen-bond acceptors (Lipinski definition) is 5. The molecule has 1 aromatic heterocycles. The van der Waals surface area contributed by atoms with Gasteiger partial charge in [-0.25, -0.2) is 13.4 Å². The molecule has 6 nitrogen and oxygen atoms in total. The van der Waals surface area contributed by atoms with E-state index in [0.29, 0.717) is 24.6 Å². The van der Waals surface area contributed by atoms with E-state index in [9.17, 15) is 26.4 Å². The number of aromatic nitrogens is 1.